The van der Waals surface area contributed by atoms with Crippen LogP contribution in [0.5, 0.6) is 5.75 Å². The molecule has 0 bridgehead atoms. The standard InChI is InChI=1S/C18H21N3O4S3/c1-3-28(23,24)21-7-5-20(6-8-21)16(22)11-25-14-10-15-17(19-12(2)27-15)18-13(14)4-9-26-18/h4,9-10H,3,5-8,11H2,1-2H3. The summed E-state index contributed by atoms with van der Waals surface area (Å²) in [7, 11) is -3.20. The molecule has 1 aliphatic rings. The van der Waals surface area contributed by atoms with Crippen LogP contribution in [0.15, 0.2) is 17.5 Å². The average molecular weight is 440 g/mol. The van der Waals surface area contributed by atoms with Crippen molar-refractivity contribution in [3.8, 4) is 5.75 Å². The van der Waals surface area contributed by atoms with E-state index < -0.39 is 10.0 Å². The van der Waals surface area contributed by atoms with Crippen molar-refractivity contribution in [1.82, 2.24) is 14.2 Å². The van der Waals surface area contributed by atoms with Crippen LogP contribution in [0.4, 0.5) is 0 Å². The number of carbonyl (C=O) groups is 1. The van der Waals surface area contributed by atoms with Gasteiger partial charge in [0, 0.05) is 37.6 Å². The Kier molecular flexibility index (Phi) is 5.30. The van der Waals surface area contributed by atoms with Crippen LogP contribution >= 0.6 is 22.7 Å². The normalized spacial score (nSPS) is 16.1. The van der Waals surface area contributed by atoms with Crippen molar-refractivity contribution in [2.75, 3.05) is 38.5 Å². The first-order valence-electron chi connectivity index (χ1n) is 9.05. The average Bonchev–Trinajstić information content (AvgIpc) is 3.31. The number of rotatable bonds is 5. The van der Waals surface area contributed by atoms with Gasteiger partial charge in [-0.05, 0) is 25.3 Å². The molecule has 150 valence electrons. The van der Waals surface area contributed by atoms with Gasteiger partial charge in [0.15, 0.2) is 6.61 Å². The number of thiophene rings is 1. The Hall–Kier alpha value is -1.75. The summed E-state index contributed by atoms with van der Waals surface area (Å²) in [6, 6.07) is 3.94. The van der Waals surface area contributed by atoms with E-state index >= 15 is 0 Å². The summed E-state index contributed by atoms with van der Waals surface area (Å²) in [5.41, 5.74) is 0.986. The van der Waals surface area contributed by atoms with E-state index in [1.54, 1.807) is 34.5 Å². The van der Waals surface area contributed by atoms with Gasteiger partial charge in [0.1, 0.15) is 5.75 Å². The monoisotopic (exact) mass is 439 g/mol. The third-order valence-electron chi connectivity index (χ3n) is 4.87. The SMILES string of the molecule is CCS(=O)(=O)N1CCN(C(=O)COc2cc3sc(C)nc3c3sccc23)CC1. The molecule has 1 saturated heterocycles. The lowest BCUT2D eigenvalue weighted by molar-refractivity contribution is -0.134. The summed E-state index contributed by atoms with van der Waals surface area (Å²) in [6.07, 6.45) is 0. The van der Waals surface area contributed by atoms with Gasteiger partial charge in [-0.1, -0.05) is 0 Å². The molecule has 0 atom stereocenters. The number of nitrogens with zero attached hydrogens (tertiary/aromatic N) is 3. The Morgan fingerprint density at radius 3 is 2.75 bits per heavy atom. The number of amides is 1. The van der Waals surface area contributed by atoms with E-state index in [4.69, 9.17) is 4.74 Å². The molecule has 0 saturated carbocycles. The fourth-order valence-corrected chi connectivity index (χ4v) is 6.25. The Bertz CT molecular complexity index is 1130. The van der Waals surface area contributed by atoms with Crippen molar-refractivity contribution in [2.24, 2.45) is 0 Å². The first-order chi connectivity index (χ1) is 13.4. The predicted molar refractivity (Wildman–Crippen MR) is 113 cm³/mol. The van der Waals surface area contributed by atoms with E-state index in [1.807, 2.05) is 24.4 Å². The van der Waals surface area contributed by atoms with E-state index in [0.29, 0.717) is 31.9 Å². The molecule has 0 radical (unpaired) electrons. The molecule has 2 aromatic heterocycles. The van der Waals surface area contributed by atoms with Crippen LogP contribution in [0, 0.1) is 6.92 Å². The first-order valence-corrected chi connectivity index (χ1v) is 12.4. The largest absolute Gasteiger partial charge is 0.483 e. The second-order valence-corrected chi connectivity index (χ2v) is 11.0. The first kappa shape index (κ1) is 19.6. The van der Waals surface area contributed by atoms with Gasteiger partial charge >= 0.3 is 0 Å². The van der Waals surface area contributed by atoms with Crippen LogP contribution in [-0.4, -0.2) is 67.1 Å². The zero-order valence-electron chi connectivity index (χ0n) is 15.7. The maximum Gasteiger partial charge on any atom is 0.260 e. The smallest absolute Gasteiger partial charge is 0.260 e. The lowest BCUT2D eigenvalue weighted by Gasteiger charge is -2.33. The van der Waals surface area contributed by atoms with Crippen LogP contribution in [0.25, 0.3) is 20.3 Å². The second-order valence-electron chi connectivity index (χ2n) is 6.59. The molecule has 1 amide bonds. The molecule has 28 heavy (non-hydrogen) atoms. The summed E-state index contributed by atoms with van der Waals surface area (Å²) >= 11 is 3.23. The number of benzene rings is 1. The number of aryl methyl sites for hydroxylation is 1. The molecule has 3 aromatic rings. The molecule has 0 N–H and O–H groups in total. The van der Waals surface area contributed by atoms with Crippen LogP contribution in [-0.2, 0) is 14.8 Å². The molecule has 7 nitrogen and oxygen atoms in total. The number of hydrogen-bond donors (Lipinski definition) is 0. The van der Waals surface area contributed by atoms with Crippen LogP contribution in [0.1, 0.15) is 11.9 Å². The highest BCUT2D eigenvalue weighted by Gasteiger charge is 2.27. The number of sulfonamides is 1. The summed E-state index contributed by atoms with van der Waals surface area (Å²) < 4.78 is 33.3. The fourth-order valence-electron chi connectivity index (χ4n) is 3.34. The Balaban J connectivity index is 1.45. The molecule has 10 heteroatoms. The summed E-state index contributed by atoms with van der Waals surface area (Å²) in [5, 5.41) is 3.97. The van der Waals surface area contributed by atoms with Crippen LogP contribution < -0.4 is 4.74 Å². The summed E-state index contributed by atoms with van der Waals surface area (Å²) in [5.74, 6) is 0.644. The Morgan fingerprint density at radius 2 is 2.04 bits per heavy atom. The van der Waals surface area contributed by atoms with Gasteiger partial charge in [0.25, 0.3) is 5.91 Å². The topological polar surface area (TPSA) is 79.8 Å². The van der Waals surface area contributed by atoms with Crippen molar-refractivity contribution in [1.29, 1.82) is 0 Å². The molecule has 4 rings (SSSR count). The molecular formula is C18H21N3O4S3. The zero-order valence-corrected chi connectivity index (χ0v) is 18.1. The maximum absolute atomic E-state index is 12.6. The van der Waals surface area contributed by atoms with E-state index in [0.717, 1.165) is 25.3 Å². The van der Waals surface area contributed by atoms with Crippen LogP contribution in [0.3, 0.4) is 0 Å². The van der Waals surface area contributed by atoms with E-state index in [9.17, 15) is 13.2 Å². The molecule has 0 spiro atoms. The molecule has 0 aliphatic carbocycles. The minimum Gasteiger partial charge on any atom is -0.483 e. The van der Waals surface area contributed by atoms with E-state index in [-0.39, 0.29) is 18.3 Å². The summed E-state index contributed by atoms with van der Waals surface area (Å²) in [6.45, 7) is 5.00. The zero-order chi connectivity index (χ0) is 19.9. The number of fused-ring (bicyclic) bond motifs is 3. The van der Waals surface area contributed by atoms with Gasteiger partial charge in [0.2, 0.25) is 10.0 Å². The van der Waals surface area contributed by atoms with E-state index in [2.05, 4.69) is 4.98 Å². The highest BCUT2D eigenvalue weighted by Crippen LogP contribution is 2.38. The van der Waals surface area contributed by atoms with Crippen molar-refractivity contribution in [3.63, 3.8) is 0 Å². The third-order valence-corrected chi connectivity index (χ3v) is 8.59. The number of piperazine rings is 1. The number of carbonyl (C=O) groups excluding carboxylic acids is 1. The highest BCUT2D eigenvalue weighted by atomic mass is 32.2. The fraction of sp³-hybridized carbons (Fsp3) is 0.444. The maximum atomic E-state index is 12.6. The number of hydrogen-bond acceptors (Lipinski definition) is 7. The number of aromatic nitrogens is 1. The molecule has 1 aliphatic heterocycles. The summed E-state index contributed by atoms with van der Waals surface area (Å²) in [4.78, 5) is 18.8. The molecule has 1 aromatic carbocycles. The molecule has 3 heterocycles. The second kappa shape index (κ2) is 7.58. The lowest BCUT2D eigenvalue weighted by Crippen LogP contribution is -2.51. The van der Waals surface area contributed by atoms with Crippen molar-refractivity contribution in [2.45, 2.75) is 13.8 Å². The lowest BCUT2D eigenvalue weighted by atomic mass is 10.2. The number of thiazole rings is 1. The van der Waals surface area contributed by atoms with Gasteiger partial charge in [-0.3, -0.25) is 4.79 Å². The third kappa shape index (κ3) is 3.61. The van der Waals surface area contributed by atoms with Gasteiger partial charge < -0.3 is 9.64 Å². The van der Waals surface area contributed by atoms with Gasteiger partial charge in [-0.2, -0.15) is 4.31 Å². The Labute approximate surface area is 171 Å². The quantitative estimate of drug-likeness (QED) is 0.611. The van der Waals surface area contributed by atoms with Gasteiger partial charge in [0.05, 0.1) is 25.7 Å². The van der Waals surface area contributed by atoms with Crippen molar-refractivity contribution >= 4 is 58.9 Å². The van der Waals surface area contributed by atoms with Gasteiger partial charge in [-0.15, -0.1) is 22.7 Å². The van der Waals surface area contributed by atoms with Gasteiger partial charge in [-0.25, -0.2) is 13.4 Å². The van der Waals surface area contributed by atoms with E-state index in [1.165, 1.54) is 4.31 Å². The Morgan fingerprint density at radius 1 is 1.29 bits per heavy atom. The highest BCUT2D eigenvalue weighted by molar-refractivity contribution is 7.89. The predicted octanol–water partition coefficient (Wildman–Crippen LogP) is 2.69. The van der Waals surface area contributed by atoms with Crippen molar-refractivity contribution < 1.29 is 17.9 Å². The molecule has 1 fully saturated rings. The minimum absolute atomic E-state index is 0.0607. The van der Waals surface area contributed by atoms with Crippen LogP contribution in [0.2, 0.25) is 0 Å². The molecular weight excluding hydrogens is 418 g/mol. The minimum atomic E-state index is -3.20. The van der Waals surface area contributed by atoms with Crippen molar-refractivity contribution in [3.05, 3.63) is 22.5 Å². The number of ether oxygens (including phenoxy) is 1. The molecule has 0 unspecified atom stereocenters.